The Balaban J connectivity index is 1.76. The number of rotatable bonds is 6. The fraction of sp³-hybridized carbons (Fsp3) is 0.0385. The number of thiocarbonyl (C=S) groups is 1. The summed E-state index contributed by atoms with van der Waals surface area (Å²) in [7, 11) is 1.90. The molecule has 0 radical (unpaired) electrons. The predicted molar refractivity (Wildman–Crippen MR) is 137 cm³/mol. The van der Waals surface area contributed by atoms with Gasteiger partial charge in [0.1, 0.15) is 0 Å². The second-order valence-corrected chi connectivity index (χ2v) is 23.0. The van der Waals surface area contributed by atoms with Crippen LogP contribution in [0.2, 0.25) is 0 Å². The van der Waals surface area contributed by atoms with Gasteiger partial charge in [0.25, 0.3) is 0 Å². The van der Waals surface area contributed by atoms with E-state index in [2.05, 4.69) is 121 Å². The molecular formula is C26H23NS2Sn. The molecule has 30 heavy (non-hydrogen) atoms. The molecule has 0 saturated heterocycles. The van der Waals surface area contributed by atoms with E-state index in [0.29, 0.717) is 0 Å². The molecule has 0 aliphatic heterocycles. The van der Waals surface area contributed by atoms with Crippen molar-refractivity contribution < 1.29 is 0 Å². The Hall–Kier alpha value is -2.08. The number of hydrogen-bond donors (Lipinski definition) is 1. The van der Waals surface area contributed by atoms with Gasteiger partial charge in [-0.3, -0.25) is 0 Å². The first kappa shape index (κ1) is 21.2. The van der Waals surface area contributed by atoms with Gasteiger partial charge in [0, 0.05) is 0 Å². The third kappa shape index (κ3) is 4.80. The van der Waals surface area contributed by atoms with Gasteiger partial charge in [0.2, 0.25) is 0 Å². The average molecular weight is 532 g/mol. The molecule has 0 bridgehead atoms. The Morgan fingerprint density at radius 1 is 0.600 bits per heavy atom. The third-order valence-electron chi connectivity index (χ3n) is 5.07. The van der Waals surface area contributed by atoms with Gasteiger partial charge in [-0.25, -0.2) is 0 Å². The zero-order valence-electron chi connectivity index (χ0n) is 16.6. The third-order valence-corrected chi connectivity index (χ3v) is 26.3. The van der Waals surface area contributed by atoms with E-state index >= 15 is 0 Å². The van der Waals surface area contributed by atoms with E-state index in [-0.39, 0.29) is 0 Å². The van der Waals surface area contributed by atoms with Crippen molar-refractivity contribution in [1.82, 2.24) is 5.32 Å². The van der Waals surface area contributed by atoms with Crippen molar-refractivity contribution in [2.24, 2.45) is 0 Å². The standard InChI is InChI=1S/C8H9NS2.3C6H5.Sn/c10-8(11)9-6-7-4-2-1-3-5-7;3*1-2-4-6-5-3-1;/h1-5H,6H2,(H2,9,10,11);3*1-5H;/q;;;;+1/p-1. The number of nitrogens with one attached hydrogen (secondary N) is 1. The van der Waals surface area contributed by atoms with Gasteiger partial charge >= 0.3 is 192 Å². The average Bonchev–Trinajstić information content (AvgIpc) is 2.83. The van der Waals surface area contributed by atoms with E-state index < -0.39 is 17.0 Å². The van der Waals surface area contributed by atoms with Crippen LogP contribution in [-0.4, -0.2) is 21.3 Å². The maximum absolute atomic E-state index is 5.91. The van der Waals surface area contributed by atoms with Crippen LogP contribution in [0.5, 0.6) is 0 Å². The van der Waals surface area contributed by atoms with Crippen molar-refractivity contribution in [3.8, 4) is 0 Å². The van der Waals surface area contributed by atoms with Gasteiger partial charge in [-0.1, -0.05) is 0 Å². The Kier molecular flexibility index (Phi) is 7.26. The van der Waals surface area contributed by atoms with Crippen LogP contribution >= 0.6 is 21.2 Å². The van der Waals surface area contributed by atoms with Gasteiger partial charge < -0.3 is 0 Å². The number of hydrogen-bond acceptors (Lipinski definition) is 2. The minimum atomic E-state index is -3.42. The Morgan fingerprint density at radius 3 is 1.37 bits per heavy atom. The van der Waals surface area contributed by atoms with Crippen molar-refractivity contribution >= 4 is 53.2 Å². The van der Waals surface area contributed by atoms with Crippen LogP contribution in [0.25, 0.3) is 0 Å². The quantitative estimate of drug-likeness (QED) is 0.291. The van der Waals surface area contributed by atoms with Crippen molar-refractivity contribution in [3.63, 3.8) is 0 Å². The van der Waals surface area contributed by atoms with Crippen LogP contribution < -0.4 is 16.1 Å². The van der Waals surface area contributed by atoms with Crippen LogP contribution in [0.15, 0.2) is 121 Å². The van der Waals surface area contributed by atoms with Crippen LogP contribution in [-0.2, 0) is 6.54 Å². The number of benzene rings is 4. The van der Waals surface area contributed by atoms with Crippen molar-refractivity contribution in [2.45, 2.75) is 6.54 Å². The van der Waals surface area contributed by atoms with Crippen LogP contribution in [0.1, 0.15) is 5.56 Å². The molecule has 0 aromatic heterocycles. The molecule has 1 N–H and O–H groups in total. The molecule has 0 aliphatic carbocycles. The summed E-state index contributed by atoms with van der Waals surface area (Å²) in [6.45, 7) is 0.743. The molecular weight excluding hydrogens is 509 g/mol. The minimum absolute atomic E-state index is 0.743. The van der Waals surface area contributed by atoms with Crippen molar-refractivity contribution in [2.75, 3.05) is 0 Å². The summed E-state index contributed by atoms with van der Waals surface area (Å²) in [6.07, 6.45) is 0. The second kappa shape index (κ2) is 10.3. The molecule has 0 unspecified atom stereocenters. The Bertz CT molecular complexity index is 974. The first-order chi connectivity index (χ1) is 14.8. The van der Waals surface area contributed by atoms with Crippen molar-refractivity contribution in [1.29, 1.82) is 0 Å². The zero-order valence-corrected chi connectivity index (χ0v) is 21.1. The first-order valence-electron chi connectivity index (χ1n) is 9.96. The Morgan fingerprint density at radius 2 is 0.967 bits per heavy atom. The summed E-state index contributed by atoms with van der Waals surface area (Å²) in [4.78, 5) is 0. The fourth-order valence-corrected chi connectivity index (χ4v) is 24.3. The van der Waals surface area contributed by atoms with Crippen LogP contribution in [0.4, 0.5) is 0 Å². The summed E-state index contributed by atoms with van der Waals surface area (Å²) in [6, 6.07) is 43.3. The molecule has 4 aromatic carbocycles. The van der Waals surface area contributed by atoms with Gasteiger partial charge in [-0.15, -0.1) is 0 Å². The van der Waals surface area contributed by atoms with E-state index in [1.54, 1.807) is 0 Å². The van der Waals surface area contributed by atoms with Crippen molar-refractivity contribution in [3.05, 3.63) is 127 Å². The maximum atomic E-state index is 5.91. The van der Waals surface area contributed by atoms with Crippen LogP contribution in [0.3, 0.4) is 0 Å². The monoisotopic (exact) mass is 533 g/mol. The molecule has 4 rings (SSSR count). The summed E-state index contributed by atoms with van der Waals surface area (Å²) in [5.41, 5.74) is 1.24. The molecule has 0 spiro atoms. The molecule has 4 aromatic rings. The predicted octanol–water partition coefficient (Wildman–Crippen LogP) is 4.46. The van der Waals surface area contributed by atoms with Gasteiger partial charge in [0.05, 0.1) is 0 Å². The fourth-order valence-electron chi connectivity index (χ4n) is 3.64. The van der Waals surface area contributed by atoms with E-state index in [1.165, 1.54) is 16.3 Å². The molecule has 0 saturated carbocycles. The molecule has 0 atom stereocenters. The topological polar surface area (TPSA) is 12.0 Å². The van der Waals surface area contributed by atoms with E-state index in [9.17, 15) is 0 Å². The molecule has 1 nitrogen and oxygen atoms in total. The van der Waals surface area contributed by atoms with E-state index in [0.717, 1.165) is 10.9 Å². The normalized spacial score (nSPS) is 11.1. The molecule has 0 fully saturated rings. The molecule has 0 aliphatic rings. The summed E-state index contributed by atoms with van der Waals surface area (Å²) in [5.74, 6) is 0. The van der Waals surface area contributed by atoms with Gasteiger partial charge in [-0.2, -0.15) is 0 Å². The molecule has 0 amide bonds. The SMILES string of the molecule is S=C(NCc1ccccc1)[S][Sn]([c]1ccccc1)([c]1ccccc1)[c]1ccccc1. The first-order valence-corrected chi connectivity index (χ1v) is 19.0. The van der Waals surface area contributed by atoms with Gasteiger partial charge in [-0.05, 0) is 0 Å². The van der Waals surface area contributed by atoms with E-state index in [4.69, 9.17) is 12.2 Å². The van der Waals surface area contributed by atoms with Gasteiger partial charge in [0.15, 0.2) is 0 Å². The zero-order chi connectivity index (χ0) is 20.7. The summed E-state index contributed by atoms with van der Waals surface area (Å²) >= 11 is 2.48. The molecule has 0 heterocycles. The van der Waals surface area contributed by atoms with Crippen LogP contribution in [0, 0.1) is 0 Å². The Labute approximate surface area is 190 Å². The molecule has 4 heteroatoms. The van der Waals surface area contributed by atoms with E-state index in [1.807, 2.05) is 15.0 Å². The summed E-state index contributed by atoms with van der Waals surface area (Å²) in [5, 5.41) is 3.51. The second-order valence-electron chi connectivity index (χ2n) is 7.01. The summed E-state index contributed by atoms with van der Waals surface area (Å²) < 4.78 is 5.11. The molecule has 148 valence electrons.